The minimum atomic E-state index is 0.0220. The molecule has 0 unspecified atom stereocenters. The number of carbonyl (C=O) groups is 1. The van der Waals surface area contributed by atoms with Gasteiger partial charge in [-0.3, -0.25) is 9.78 Å². The molecule has 1 fully saturated rings. The third-order valence-electron chi connectivity index (χ3n) is 4.57. The Balaban J connectivity index is 1.36. The van der Waals surface area contributed by atoms with Crippen molar-refractivity contribution >= 4 is 23.1 Å². The van der Waals surface area contributed by atoms with Crippen molar-refractivity contribution in [1.82, 2.24) is 19.9 Å². The largest absolute Gasteiger partial charge is 0.487 e. The molecule has 0 spiro atoms. The molecule has 0 aliphatic carbocycles. The van der Waals surface area contributed by atoms with Gasteiger partial charge in [0.15, 0.2) is 0 Å². The number of aromatic nitrogens is 3. The standard InChI is InChI=1S/C20H21N5O2S/c1-15-23-17(14-28-15)13-27-18-4-2-3-16(11-18)20(26)25-9-7-24(8-10-25)19-12-21-5-6-22-19/h2-6,11-12,14H,7-10,13H2,1H3. The van der Waals surface area contributed by atoms with E-state index in [1.165, 1.54) is 0 Å². The zero-order chi connectivity index (χ0) is 19.3. The molecular weight excluding hydrogens is 374 g/mol. The first-order chi connectivity index (χ1) is 13.7. The third kappa shape index (κ3) is 4.28. The number of hydrogen-bond donors (Lipinski definition) is 0. The average molecular weight is 395 g/mol. The molecule has 1 aliphatic rings. The van der Waals surface area contributed by atoms with Gasteiger partial charge in [-0.15, -0.1) is 11.3 Å². The summed E-state index contributed by atoms with van der Waals surface area (Å²) in [6, 6.07) is 7.35. The van der Waals surface area contributed by atoms with Gasteiger partial charge in [-0.05, 0) is 25.1 Å². The number of thiazole rings is 1. The summed E-state index contributed by atoms with van der Waals surface area (Å²) < 4.78 is 5.81. The van der Waals surface area contributed by atoms with E-state index in [9.17, 15) is 4.79 Å². The van der Waals surface area contributed by atoms with Gasteiger partial charge in [0.25, 0.3) is 5.91 Å². The van der Waals surface area contributed by atoms with Gasteiger partial charge in [-0.25, -0.2) is 9.97 Å². The number of benzene rings is 1. The Labute approximate surface area is 167 Å². The first kappa shape index (κ1) is 18.4. The first-order valence-corrected chi connectivity index (χ1v) is 10.0. The molecule has 144 valence electrons. The zero-order valence-corrected chi connectivity index (χ0v) is 16.4. The maximum absolute atomic E-state index is 12.9. The second kappa shape index (κ2) is 8.35. The highest BCUT2D eigenvalue weighted by molar-refractivity contribution is 7.09. The second-order valence-electron chi connectivity index (χ2n) is 6.52. The molecule has 0 radical (unpaired) electrons. The van der Waals surface area contributed by atoms with Gasteiger partial charge in [-0.1, -0.05) is 6.07 Å². The summed E-state index contributed by atoms with van der Waals surface area (Å²) in [6.07, 6.45) is 5.10. The maximum Gasteiger partial charge on any atom is 0.254 e. The van der Waals surface area contributed by atoms with Crippen molar-refractivity contribution in [3.63, 3.8) is 0 Å². The molecule has 1 aliphatic heterocycles. The summed E-state index contributed by atoms with van der Waals surface area (Å²) in [5.74, 6) is 1.55. The highest BCUT2D eigenvalue weighted by Crippen LogP contribution is 2.19. The Hall–Kier alpha value is -3.00. The number of anilines is 1. The lowest BCUT2D eigenvalue weighted by molar-refractivity contribution is 0.0746. The fourth-order valence-electron chi connectivity index (χ4n) is 3.13. The predicted molar refractivity (Wildman–Crippen MR) is 108 cm³/mol. The van der Waals surface area contributed by atoms with Gasteiger partial charge in [0.1, 0.15) is 18.2 Å². The van der Waals surface area contributed by atoms with Crippen LogP contribution in [0.15, 0.2) is 48.2 Å². The van der Waals surface area contributed by atoms with Crippen LogP contribution >= 0.6 is 11.3 Å². The molecule has 8 heteroatoms. The van der Waals surface area contributed by atoms with E-state index in [0.29, 0.717) is 31.0 Å². The summed E-state index contributed by atoms with van der Waals surface area (Å²) in [5, 5.41) is 3.00. The Bertz CT molecular complexity index is 939. The van der Waals surface area contributed by atoms with Gasteiger partial charge in [0, 0.05) is 49.5 Å². The summed E-state index contributed by atoms with van der Waals surface area (Å²) in [6.45, 7) is 5.15. The van der Waals surface area contributed by atoms with Crippen molar-refractivity contribution in [3.05, 3.63) is 64.5 Å². The topological polar surface area (TPSA) is 71.5 Å². The summed E-state index contributed by atoms with van der Waals surface area (Å²) in [7, 11) is 0. The van der Waals surface area contributed by atoms with Crippen LogP contribution in [0.5, 0.6) is 5.75 Å². The number of rotatable bonds is 5. The van der Waals surface area contributed by atoms with E-state index in [0.717, 1.165) is 29.6 Å². The number of nitrogens with zero attached hydrogens (tertiary/aromatic N) is 5. The molecule has 0 atom stereocenters. The Morgan fingerprint density at radius 2 is 2.07 bits per heavy atom. The van der Waals surface area contributed by atoms with Crippen molar-refractivity contribution in [1.29, 1.82) is 0 Å². The van der Waals surface area contributed by atoms with Crippen LogP contribution < -0.4 is 9.64 Å². The second-order valence-corrected chi connectivity index (χ2v) is 7.58. The van der Waals surface area contributed by atoms with Crippen LogP contribution in [-0.2, 0) is 6.61 Å². The van der Waals surface area contributed by atoms with Crippen LogP contribution in [0.25, 0.3) is 0 Å². The third-order valence-corrected chi connectivity index (χ3v) is 5.40. The summed E-state index contributed by atoms with van der Waals surface area (Å²) in [4.78, 5) is 29.7. The molecule has 28 heavy (non-hydrogen) atoms. The number of carbonyl (C=O) groups excluding carboxylic acids is 1. The zero-order valence-electron chi connectivity index (χ0n) is 15.6. The molecule has 1 saturated heterocycles. The fourth-order valence-corrected chi connectivity index (χ4v) is 3.72. The molecule has 4 rings (SSSR count). The van der Waals surface area contributed by atoms with Crippen LogP contribution in [0.4, 0.5) is 5.82 Å². The van der Waals surface area contributed by atoms with Gasteiger partial charge in [0.2, 0.25) is 0 Å². The lowest BCUT2D eigenvalue weighted by Crippen LogP contribution is -2.49. The Morgan fingerprint density at radius 1 is 1.21 bits per heavy atom. The summed E-state index contributed by atoms with van der Waals surface area (Å²) >= 11 is 1.60. The van der Waals surface area contributed by atoms with Gasteiger partial charge < -0.3 is 14.5 Å². The molecule has 3 aromatic rings. The van der Waals surface area contributed by atoms with Gasteiger partial charge in [0.05, 0.1) is 16.9 Å². The number of amides is 1. The van der Waals surface area contributed by atoms with Gasteiger partial charge >= 0.3 is 0 Å². The highest BCUT2D eigenvalue weighted by Gasteiger charge is 2.23. The molecular formula is C20H21N5O2S. The molecule has 3 heterocycles. The van der Waals surface area contributed by atoms with Gasteiger partial charge in [-0.2, -0.15) is 0 Å². The fraction of sp³-hybridized carbons (Fsp3) is 0.300. The molecule has 0 saturated carbocycles. The Kier molecular flexibility index (Phi) is 5.48. The van der Waals surface area contributed by atoms with E-state index in [1.54, 1.807) is 36.0 Å². The van der Waals surface area contributed by atoms with Crippen molar-refractivity contribution in [2.45, 2.75) is 13.5 Å². The van der Waals surface area contributed by atoms with E-state index in [2.05, 4.69) is 19.9 Å². The van der Waals surface area contributed by atoms with E-state index in [1.807, 2.05) is 35.4 Å². The molecule has 0 N–H and O–H groups in total. The van der Waals surface area contributed by atoms with Crippen LogP contribution in [-0.4, -0.2) is 51.9 Å². The van der Waals surface area contributed by atoms with Crippen LogP contribution in [0.1, 0.15) is 21.1 Å². The number of piperazine rings is 1. The van der Waals surface area contributed by atoms with E-state index < -0.39 is 0 Å². The van der Waals surface area contributed by atoms with Crippen LogP contribution in [0.2, 0.25) is 0 Å². The SMILES string of the molecule is Cc1nc(COc2cccc(C(=O)N3CCN(c4cnccn4)CC3)c2)cs1. The smallest absolute Gasteiger partial charge is 0.254 e. The monoisotopic (exact) mass is 395 g/mol. The van der Waals surface area contributed by atoms with Crippen molar-refractivity contribution in [2.75, 3.05) is 31.1 Å². The predicted octanol–water partition coefficient (Wildman–Crippen LogP) is 2.78. The minimum absolute atomic E-state index is 0.0220. The van der Waals surface area contributed by atoms with Crippen molar-refractivity contribution in [3.8, 4) is 5.75 Å². The summed E-state index contributed by atoms with van der Waals surface area (Å²) in [5.41, 5.74) is 1.54. The van der Waals surface area contributed by atoms with E-state index in [4.69, 9.17) is 4.74 Å². The number of hydrogen-bond acceptors (Lipinski definition) is 7. The maximum atomic E-state index is 12.9. The van der Waals surface area contributed by atoms with Crippen LogP contribution in [0, 0.1) is 6.92 Å². The average Bonchev–Trinajstić information content (AvgIpc) is 3.18. The Morgan fingerprint density at radius 3 is 2.79 bits per heavy atom. The molecule has 1 aromatic carbocycles. The number of aryl methyl sites for hydroxylation is 1. The first-order valence-electron chi connectivity index (χ1n) is 9.13. The number of ether oxygens (including phenoxy) is 1. The molecule has 2 aromatic heterocycles. The van der Waals surface area contributed by atoms with Crippen LogP contribution in [0.3, 0.4) is 0 Å². The molecule has 7 nitrogen and oxygen atoms in total. The lowest BCUT2D eigenvalue weighted by atomic mass is 10.1. The van der Waals surface area contributed by atoms with Crippen molar-refractivity contribution < 1.29 is 9.53 Å². The van der Waals surface area contributed by atoms with E-state index >= 15 is 0 Å². The quantitative estimate of drug-likeness (QED) is 0.662. The highest BCUT2D eigenvalue weighted by atomic mass is 32.1. The van der Waals surface area contributed by atoms with E-state index in [-0.39, 0.29) is 5.91 Å². The van der Waals surface area contributed by atoms with Crippen molar-refractivity contribution in [2.24, 2.45) is 0 Å². The molecule has 0 bridgehead atoms. The minimum Gasteiger partial charge on any atom is -0.487 e. The molecule has 1 amide bonds. The normalized spacial score (nSPS) is 14.2. The lowest BCUT2D eigenvalue weighted by Gasteiger charge is -2.35.